The van der Waals surface area contributed by atoms with Crippen LogP contribution in [0.15, 0.2) is 48.1 Å². The average Bonchev–Trinajstić information content (AvgIpc) is 3.70. The SMILES string of the molecule is Cc1ccc(NC(=O)c2ccc(OC3CCN(C)CC3)c(C(F)(F)F)c2)cc1NC(=O)c1csc2c(NC3CC3)ncnc12. The second-order valence-electron chi connectivity index (χ2n) is 11.2. The molecule has 4 aromatic rings. The number of rotatable bonds is 8. The minimum absolute atomic E-state index is 0.167. The van der Waals surface area contributed by atoms with Gasteiger partial charge in [-0.25, -0.2) is 9.97 Å². The molecule has 2 fully saturated rings. The predicted octanol–water partition coefficient (Wildman–Crippen LogP) is 6.57. The van der Waals surface area contributed by atoms with Crippen molar-refractivity contribution in [3.05, 3.63) is 70.4 Å². The number of ether oxygens (including phenoxy) is 1. The van der Waals surface area contributed by atoms with Crippen molar-refractivity contribution >= 4 is 50.6 Å². The zero-order chi connectivity index (χ0) is 31.0. The molecule has 0 bridgehead atoms. The van der Waals surface area contributed by atoms with Crippen LogP contribution < -0.4 is 20.7 Å². The topological polar surface area (TPSA) is 108 Å². The van der Waals surface area contributed by atoms with Gasteiger partial charge in [-0.2, -0.15) is 13.2 Å². The Labute approximate surface area is 255 Å². The molecule has 13 heteroatoms. The molecule has 2 amide bonds. The molecule has 6 rings (SSSR count). The molecular formula is C31H31F3N6O3S. The summed E-state index contributed by atoms with van der Waals surface area (Å²) < 4.78 is 48.5. The highest BCUT2D eigenvalue weighted by Gasteiger charge is 2.36. The number of nitrogens with one attached hydrogen (secondary N) is 3. The van der Waals surface area contributed by atoms with Gasteiger partial charge in [-0.05, 0) is 75.5 Å². The number of piperidine rings is 1. The van der Waals surface area contributed by atoms with Gasteiger partial charge >= 0.3 is 6.18 Å². The molecule has 1 aliphatic heterocycles. The molecule has 44 heavy (non-hydrogen) atoms. The number of anilines is 3. The number of aromatic nitrogens is 2. The first kappa shape index (κ1) is 29.8. The Balaban J connectivity index is 1.17. The molecule has 2 aromatic carbocycles. The first-order chi connectivity index (χ1) is 21.0. The maximum Gasteiger partial charge on any atom is 0.419 e. The van der Waals surface area contributed by atoms with E-state index in [1.165, 1.54) is 29.8 Å². The number of alkyl halides is 3. The third-order valence-electron chi connectivity index (χ3n) is 7.77. The molecule has 3 heterocycles. The lowest BCUT2D eigenvalue weighted by Gasteiger charge is -2.30. The van der Waals surface area contributed by atoms with E-state index in [2.05, 4.69) is 30.8 Å². The lowest BCUT2D eigenvalue weighted by molar-refractivity contribution is -0.139. The number of carbonyl (C=O) groups is 2. The van der Waals surface area contributed by atoms with E-state index in [0.717, 1.165) is 42.3 Å². The zero-order valence-corrected chi connectivity index (χ0v) is 24.9. The summed E-state index contributed by atoms with van der Waals surface area (Å²) in [5.74, 6) is -0.684. The van der Waals surface area contributed by atoms with Crippen molar-refractivity contribution in [3.63, 3.8) is 0 Å². The fourth-order valence-electron chi connectivity index (χ4n) is 5.04. The summed E-state index contributed by atoms with van der Waals surface area (Å²) in [6.45, 7) is 3.27. The Morgan fingerprint density at radius 2 is 1.77 bits per heavy atom. The van der Waals surface area contributed by atoms with Gasteiger partial charge in [0.05, 0.1) is 21.3 Å². The van der Waals surface area contributed by atoms with E-state index in [-0.39, 0.29) is 23.3 Å². The number of hydrogen-bond donors (Lipinski definition) is 3. The van der Waals surface area contributed by atoms with E-state index in [1.54, 1.807) is 30.5 Å². The number of nitrogens with zero attached hydrogens (tertiary/aromatic N) is 3. The van der Waals surface area contributed by atoms with E-state index in [0.29, 0.717) is 47.2 Å². The van der Waals surface area contributed by atoms with Crippen LogP contribution in [0.25, 0.3) is 10.2 Å². The minimum Gasteiger partial charge on any atom is -0.490 e. The van der Waals surface area contributed by atoms with Gasteiger partial charge in [0.25, 0.3) is 11.8 Å². The molecule has 230 valence electrons. The van der Waals surface area contributed by atoms with E-state index < -0.39 is 17.6 Å². The van der Waals surface area contributed by atoms with Crippen molar-refractivity contribution in [1.82, 2.24) is 14.9 Å². The van der Waals surface area contributed by atoms with Gasteiger partial charge < -0.3 is 25.6 Å². The zero-order valence-electron chi connectivity index (χ0n) is 24.1. The van der Waals surface area contributed by atoms with Crippen LogP contribution in [0.3, 0.4) is 0 Å². The molecule has 9 nitrogen and oxygen atoms in total. The number of thiophene rings is 1. The molecule has 0 atom stereocenters. The first-order valence-corrected chi connectivity index (χ1v) is 15.2. The van der Waals surface area contributed by atoms with Gasteiger partial charge in [-0.15, -0.1) is 11.3 Å². The van der Waals surface area contributed by atoms with Crippen LogP contribution in [0.2, 0.25) is 0 Å². The van der Waals surface area contributed by atoms with Crippen LogP contribution in [0.5, 0.6) is 5.75 Å². The Kier molecular flexibility index (Phi) is 8.16. The van der Waals surface area contributed by atoms with Crippen molar-refractivity contribution < 1.29 is 27.5 Å². The van der Waals surface area contributed by atoms with Crippen LogP contribution >= 0.6 is 11.3 Å². The largest absolute Gasteiger partial charge is 0.490 e. The Morgan fingerprint density at radius 1 is 1.00 bits per heavy atom. The van der Waals surface area contributed by atoms with Gasteiger partial charge in [0, 0.05) is 41.4 Å². The maximum atomic E-state index is 14.0. The Hall–Kier alpha value is -4.23. The molecule has 0 unspecified atom stereocenters. The standard InChI is InChI=1S/C31H31F3N6O3S/c1-17-3-5-20(14-24(17)39-30(42)22-15-44-27-26(22)35-16-36-28(27)37-19-6-7-19)38-29(41)18-4-8-25(23(13-18)31(32,33)34)43-21-9-11-40(2)12-10-21/h3-5,8,13-16,19,21H,6-7,9-12H2,1-2H3,(H,38,41)(H,39,42)(H,35,36,37). The number of halogens is 3. The highest BCUT2D eigenvalue weighted by molar-refractivity contribution is 7.18. The summed E-state index contributed by atoms with van der Waals surface area (Å²) in [6.07, 6.45) is -0.195. The molecule has 2 aliphatic rings. The molecule has 1 saturated carbocycles. The number of carbonyl (C=O) groups excluding carboxylic acids is 2. The number of hydrogen-bond acceptors (Lipinski definition) is 8. The van der Waals surface area contributed by atoms with E-state index in [9.17, 15) is 22.8 Å². The summed E-state index contributed by atoms with van der Waals surface area (Å²) in [7, 11) is 1.96. The van der Waals surface area contributed by atoms with Gasteiger partial charge in [-0.1, -0.05) is 6.07 Å². The summed E-state index contributed by atoms with van der Waals surface area (Å²) in [5.41, 5.74) is 1.25. The van der Waals surface area contributed by atoms with Crippen molar-refractivity contribution in [3.8, 4) is 5.75 Å². The number of amides is 2. The smallest absolute Gasteiger partial charge is 0.419 e. The van der Waals surface area contributed by atoms with E-state index in [1.807, 2.05) is 7.05 Å². The van der Waals surface area contributed by atoms with Gasteiger partial charge in [0.15, 0.2) is 0 Å². The van der Waals surface area contributed by atoms with Gasteiger partial charge in [0.1, 0.15) is 24.0 Å². The second-order valence-corrected chi connectivity index (χ2v) is 12.1. The van der Waals surface area contributed by atoms with E-state index >= 15 is 0 Å². The molecular weight excluding hydrogens is 593 g/mol. The number of likely N-dealkylation sites (tertiary alicyclic amines) is 1. The number of benzene rings is 2. The normalized spacial score (nSPS) is 16.1. The summed E-state index contributed by atoms with van der Waals surface area (Å²) in [4.78, 5) is 37.1. The summed E-state index contributed by atoms with van der Waals surface area (Å²) >= 11 is 1.38. The van der Waals surface area contributed by atoms with Crippen molar-refractivity contribution in [2.45, 2.75) is 50.9 Å². The quantitative estimate of drug-likeness (QED) is 0.204. The fourth-order valence-corrected chi connectivity index (χ4v) is 5.99. The summed E-state index contributed by atoms with van der Waals surface area (Å²) in [6, 6.07) is 8.62. The van der Waals surface area contributed by atoms with Crippen molar-refractivity contribution in [1.29, 1.82) is 0 Å². The molecule has 3 N–H and O–H groups in total. The highest BCUT2D eigenvalue weighted by atomic mass is 32.1. The highest BCUT2D eigenvalue weighted by Crippen LogP contribution is 2.38. The van der Waals surface area contributed by atoms with Crippen LogP contribution in [-0.2, 0) is 6.18 Å². The van der Waals surface area contributed by atoms with Crippen molar-refractivity contribution in [2.24, 2.45) is 0 Å². The van der Waals surface area contributed by atoms with Crippen molar-refractivity contribution in [2.75, 3.05) is 36.1 Å². The molecule has 1 saturated heterocycles. The first-order valence-electron chi connectivity index (χ1n) is 14.3. The third kappa shape index (κ3) is 6.63. The molecule has 2 aromatic heterocycles. The predicted molar refractivity (Wildman–Crippen MR) is 164 cm³/mol. The van der Waals surface area contributed by atoms with Crippen LogP contribution in [0.4, 0.5) is 30.4 Å². The third-order valence-corrected chi connectivity index (χ3v) is 8.74. The molecule has 1 aliphatic carbocycles. The Bertz CT molecular complexity index is 1710. The lowest BCUT2D eigenvalue weighted by Crippen LogP contribution is -2.36. The molecule has 0 spiro atoms. The summed E-state index contributed by atoms with van der Waals surface area (Å²) in [5, 5.41) is 10.6. The van der Waals surface area contributed by atoms with E-state index in [4.69, 9.17) is 4.74 Å². The van der Waals surface area contributed by atoms with Gasteiger partial charge in [0.2, 0.25) is 0 Å². The monoisotopic (exact) mass is 624 g/mol. The Morgan fingerprint density at radius 3 is 2.50 bits per heavy atom. The van der Waals surface area contributed by atoms with Gasteiger partial charge in [-0.3, -0.25) is 9.59 Å². The lowest BCUT2D eigenvalue weighted by atomic mass is 10.1. The fraction of sp³-hybridized carbons (Fsp3) is 0.355. The van der Waals surface area contributed by atoms with Crippen LogP contribution in [0, 0.1) is 6.92 Å². The number of fused-ring (bicyclic) bond motifs is 1. The number of aryl methyl sites for hydroxylation is 1. The maximum absolute atomic E-state index is 14.0. The average molecular weight is 625 g/mol. The van der Waals surface area contributed by atoms with Crippen LogP contribution in [0.1, 0.15) is 57.5 Å². The molecule has 0 radical (unpaired) electrons. The second kappa shape index (κ2) is 12.0. The minimum atomic E-state index is -4.70. The van der Waals surface area contributed by atoms with Crippen LogP contribution in [-0.4, -0.2) is 59.0 Å².